The van der Waals surface area contributed by atoms with E-state index in [2.05, 4.69) is 4.74 Å². The van der Waals surface area contributed by atoms with Gasteiger partial charge in [-0.3, -0.25) is 9.59 Å². The Morgan fingerprint density at radius 1 is 1.21 bits per heavy atom. The molecule has 2 unspecified atom stereocenters. The van der Waals surface area contributed by atoms with E-state index in [0.717, 1.165) is 0 Å². The third kappa shape index (κ3) is 2.45. The molecule has 4 heteroatoms. The third-order valence-electron chi connectivity index (χ3n) is 1.86. The Balaban J connectivity index is 2.71. The van der Waals surface area contributed by atoms with Crippen molar-refractivity contribution in [2.24, 2.45) is 5.92 Å². The molecule has 1 aliphatic carbocycles. The average molecular weight is 196 g/mol. The van der Waals surface area contributed by atoms with E-state index in [-0.39, 0.29) is 0 Å². The molecule has 1 aliphatic rings. The summed E-state index contributed by atoms with van der Waals surface area (Å²) in [5.74, 6) is -1.35. The van der Waals surface area contributed by atoms with Crippen LogP contribution < -0.4 is 0 Å². The van der Waals surface area contributed by atoms with Crippen molar-refractivity contribution < 1.29 is 19.1 Å². The zero-order chi connectivity index (χ0) is 10.6. The summed E-state index contributed by atoms with van der Waals surface area (Å²) in [7, 11) is 1.30. The molecule has 1 rings (SSSR count). The van der Waals surface area contributed by atoms with Crippen LogP contribution in [-0.2, 0) is 19.1 Å². The molecular weight excluding hydrogens is 184 g/mol. The predicted molar refractivity (Wildman–Crippen MR) is 49.3 cm³/mol. The number of methoxy groups -OCH3 is 1. The number of esters is 2. The second-order valence-electron chi connectivity index (χ2n) is 2.89. The molecule has 0 radical (unpaired) electrons. The first-order valence-electron chi connectivity index (χ1n) is 4.25. The molecule has 0 amide bonds. The highest BCUT2D eigenvalue weighted by molar-refractivity contribution is 5.77. The Bertz CT molecular complexity index is 290. The van der Waals surface area contributed by atoms with Crippen molar-refractivity contribution in [3.05, 3.63) is 24.3 Å². The van der Waals surface area contributed by atoms with Crippen LogP contribution in [0.25, 0.3) is 0 Å². The fourth-order valence-corrected chi connectivity index (χ4v) is 1.24. The summed E-state index contributed by atoms with van der Waals surface area (Å²) in [5.41, 5.74) is 0. The fraction of sp³-hybridized carbons (Fsp3) is 0.400. The van der Waals surface area contributed by atoms with Crippen LogP contribution in [0.15, 0.2) is 24.3 Å². The smallest absolute Gasteiger partial charge is 0.316 e. The predicted octanol–water partition coefficient (Wildman–Crippen LogP) is 0.833. The number of allylic oxidation sites excluding steroid dienone is 2. The maximum absolute atomic E-state index is 11.3. The van der Waals surface area contributed by atoms with Gasteiger partial charge >= 0.3 is 11.9 Å². The van der Waals surface area contributed by atoms with Crippen molar-refractivity contribution in [3.8, 4) is 0 Å². The van der Waals surface area contributed by atoms with Crippen LogP contribution in [-0.4, -0.2) is 25.2 Å². The number of hydrogen-bond donors (Lipinski definition) is 0. The Kier molecular flexibility index (Phi) is 3.45. The molecule has 76 valence electrons. The van der Waals surface area contributed by atoms with Crippen molar-refractivity contribution >= 4 is 11.9 Å². The van der Waals surface area contributed by atoms with Crippen molar-refractivity contribution in [1.29, 1.82) is 0 Å². The first kappa shape index (κ1) is 10.5. The Morgan fingerprint density at radius 2 is 1.86 bits per heavy atom. The van der Waals surface area contributed by atoms with Crippen LogP contribution in [0.1, 0.15) is 6.92 Å². The lowest BCUT2D eigenvalue weighted by molar-refractivity contribution is -0.153. The van der Waals surface area contributed by atoms with Crippen molar-refractivity contribution in [1.82, 2.24) is 0 Å². The molecule has 0 aliphatic heterocycles. The van der Waals surface area contributed by atoms with Gasteiger partial charge < -0.3 is 9.47 Å². The molecule has 0 heterocycles. The minimum Gasteiger partial charge on any atom is -0.468 e. The van der Waals surface area contributed by atoms with Crippen LogP contribution in [0.2, 0.25) is 0 Å². The van der Waals surface area contributed by atoms with Gasteiger partial charge in [-0.2, -0.15) is 0 Å². The molecule has 4 nitrogen and oxygen atoms in total. The molecule has 0 saturated carbocycles. The van der Waals surface area contributed by atoms with E-state index in [1.54, 1.807) is 24.3 Å². The topological polar surface area (TPSA) is 52.6 Å². The summed E-state index contributed by atoms with van der Waals surface area (Å²) in [5, 5.41) is 0. The molecule has 0 aromatic heterocycles. The van der Waals surface area contributed by atoms with E-state index in [1.165, 1.54) is 14.0 Å². The zero-order valence-corrected chi connectivity index (χ0v) is 8.10. The minimum atomic E-state index is -0.551. The van der Waals surface area contributed by atoms with E-state index in [4.69, 9.17) is 4.74 Å². The molecule has 0 saturated heterocycles. The molecule has 0 fully saturated rings. The minimum absolute atomic E-state index is 0.406. The van der Waals surface area contributed by atoms with Gasteiger partial charge in [-0.25, -0.2) is 0 Å². The third-order valence-corrected chi connectivity index (χ3v) is 1.86. The summed E-state index contributed by atoms with van der Waals surface area (Å²) < 4.78 is 9.54. The van der Waals surface area contributed by atoms with Crippen LogP contribution >= 0.6 is 0 Å². The van der Waals surface area contributed by atoms with E-state index < -0.39 is 24.0 Å². The molecule has 0 spiro atoms. The first-order chi connectivity index (χ1) is 6.65. The normalized spacial score (nSPS) is 24.4. The quantitative estimate of drug-likeness (QED) is 0.614. The number of ether oxygens (including phenoxy) is 2. The molecule has 0 bridgehead atoms. The van der Waals surface area contributed by atoms with Gasteiger partial charge in [0.15, 0.2) is 0 Å². The summed E-state index contributed by atoms with van der Waals surface area (Å²) >= 11 is 0. The molecular formula is C10H12O4. The first-order valence-corrected chi connectivity index (χ1v) is 4.25. The second kappa shape index (κ2) is 4.60. The molecule has 0 aromatic carbocycles. The highest BCUT2D eigenvalue weighted by Gasteiger charge is 2.28. The van der Waals surface area contributed by atoms with Gasteiger partial charge in [0.05, 0.1) is 7.11 Å². The molecule has 0 aromatic rings. The molecule has 14 heavy (non-hydrogen) atoms. The molecule has 0 N–H and O–H groups in total. The van der Waals surface area contributed by atoms with Gasteiger partial charge in [0, 0.05) is 6.92 Å². The standard InChI is InChI=1S/C10H12O4/c1-7(11)14-9-6-4-3-5-8(9)10(12)13-2/h3-6,8-9H,1-2H3. The number of hydrogen-bond acceptors (Lipinski definition) is 4. The van der Waals surface area contributed by atoms with Crippen LogP contribution in [0.4, 0.5) is 0 Å². The van der Waals surface area contributed by atoms with Gasteiger partial charge in [0.1, 0.15) is 12.0 Å². The van der Waals surface area contributed by atoms with Crippen molar-refractivity contribution in [2.75, 3.05) is 7.11 Å². The van der Waals surface area contributed by atoms with Gasteiger partial charge in [-0.15, -0.1) is 0 Å². The maximum Gasteiger partial charge on any atom is 0.316 e. The number of rotatable bonds is 2. The lowest BCUT2D eigenvalue weighted by Gasteiger charge is -2.21. The van der Waals surface area contributed by atoms with Crippen molar-refractivity contribution in [3.63, 3.8) is 0 Å². The lowest BCUT2D eigenvalue weighted by atomic mass is 9.98. The van der Waals surface area contributed by atoms with E-state index in [1.807, 2.05) is 0 Å². The Morgan fingerprint density at radius 3 is 2.43 bits per heavy atom. The zero-order valence-electron chi connectivity index (χ0n) is 8.10. The number of carbonyl (C=O) groups excluding carboxylic acids is 2. The van der Waals surface area contributed by atoms with Gasteiger partial charge in [0.25, 0.3) is 0 Å². The summed E-state index contributed by atoms with van der Waals surface area (Å²) in [6, 6.07) is 0. The van der Waals surface area contributed by atoms with Crippen LogP contribution in [0.5, 0.6) is 0 Å². The second-order valence-corrected chi connectivity index (χ2v) is 2.89. The van der Waals surface area contributed by atoms with Crippen molar-refractivity contribution in [2.45, 2.75) is 13.0 Å². The fourth-order valence-electron chi connectivity index (χ4n) is 1.24. The van der Waals surface area contributed by atoms with E-state index >= 15 is 0 Å². The Labute approximate surface area is 82.2 Å². The van der Waals surface area contributed by atoms with E-state index in [0.29, 0.717) is 0 Å². The summed E-state index contributed by atoms with van der Waals surface area (Å²) in [6.45, 7) is 1.31. The van der Waals surface area contributed by atoms with Crippen LogP contribution in [0, 0.1) is 5.92 Å². The summed E-state index contributed by atoms with van der Waals surface area (Å²) in [6.07, 6.45) is 6.21. The Hall–Kier alpha value is -1.58. The highest BCUT2D eigenvalue weighted by atomic mass is 16.6. The van der Waals surface area contributed by atoms with Gasteiger partial charge in [0.2, 0.25) is 0 Å². The largest absolute Gasteiger partial charge is 0.468 e. The monoisotopic (exact) mass is 196 g/mol. The SMILES string of the molecule is COC(=O)C1C=CC=CC1OC(C)=O. The average Bonchev–Trinajstić information content (AvgIpc) is 2.16. The van der Waals surface area contributed by atoms with Gasteiger partial charge in [-0.05, 0) is 6.08 Å². The lowest BCUT2D eigenvalue weighted by Crippen LogP contribution is -2.31. The van der Waals surface area contributed by atoms with E-state index in [9.17, 15) is 9.59 Å². The maximum atomic E-state index is 11.3. The molecule has 2 atom stereocenters. The number of carbonyl (C=O) groups is 2. The van der Waals surface area contributed by atoms with Gasteiger partial charge in [-0.1, -0.05) is 18.2 Å². The van der Waals surface area contributed by atoms with Crippen LogP contribution in [0.3, 0.4) is 0 Å². The highest BCUT2D eigenvalue weighted by Crippen LogP contribution is 2.17. The summed E-state index contributed by atoms with van der Waals surface area (Å²) in [4.78, 5) is 22.0.